The van der Waals surface area contributed by atoms with Crippen LogP contribution >= 0.6 is 0 Å². The van der Waals surface area contributed by atoms with Crippen LogP contribution in [-0.4, -0.2) is 36.3 Å². The number of hydrogen-bond acceptors (Lipinski definition) is 3. The summed E-state index contributed by atoms with van der Waals surface area (Å²) < 4.78 is 0. The van der Waals surface area contributed by atoms with Crippen LogP contribution in [0.5, 0.6) is 0 Å². The molecule has 5 nitrogen and oxygen atoms in total. The van der Waals surface area contributed by atoms with Gasteiger partial charge in [0.2, 0.25) is 11.8 Å². The van der Waals surface area contributed by atoms with Gasteiger partial charge in [-0.25, -0.2) is 0 Å². The first-order chi connectivity index (χ1) is 11.1. The average Bonchev–Trinajstić information content (AvgIpc) is 3.38. The van der Waals surface area contributed by atoms with Gasteiger partial charge in [0.15, 0.2) is 0 Å². The number of hydrogen-bond donors (Lipinski definition) is 2. The van der Waals surface area contributed by atoms with Gasteiger partial charge in [0, 0.05) is 13.1 Å². The van der Waals surface area contributed by atoms with Crippen LogP contribution in [0, 0.1) is 11.8 Å². The van der Waals surface area contributed by atoms with Gasteiger partial charge in [0.1, 0.15) is 6.04 Å². The van der Waals surface area contributed by atoms with Crippen molar-refractivity contribution in [3.63, 3.8) is 0 Å². The summed E-state index contributed by atoms with van der Waals surface area (Å²) in [6.07, 6.45) is 4.26. The number of amides is 2. The summed E-state index contributed by atoms with van der Waals surface area (Å²) in [5.41, 5.74) is 6.55. The van der Waals surface area contributed by atoms with Crippen molar-refractivity contribution in [1.82, 2.24) is 10.2 Å². The zero-order valence-electron chi connectivity index (χ0n) is 13.4. The minimum atomic E-state index is -0.449. The highest BCUT2D eigenvalue weighted by molar-refractivity contribution is 5.82. The smallest absolute Gasteiger partial charge is 0.239 e. The maximum absolute atomic E-state index is 12.4. The number of carbonyl (C=O) groups is 2. The molecule has 2 amide bonds. The molecule has 23 heavy (non-hydrogen) atoms. The second-order valence-corrected chi connectivity index (χ2v) is 6.74. The number of carbonyl (C=O) groups excluding carboxylic acids is 2. The van der Waals surface area contributed by atoms with E-state index in [2.05, 4.69) is 10.2 Å². The number of rotatable bonds is 6. The Morgan fingerprint density at radius 1 is 1.22 bits per heavy atom. The van der Waals surface area contributed by atoms with E-state index in [1.165, 1.54) is 12.8 Å². The number of benzene rings is 1. The molecule has 1 saturated heterocycles. The van der Waals surface area contributed by atoms with E-state index in [9.17, 15) is 9.59 Å². The lowest BCUT2D eigenvalue weighted by Crippen LogP contribution is -2.47. The highest BCUT2D eigenvalue weighted by Crippen LogP contribution is 2.29. The van der Waals surface area contributed by atoms with Crippen LogP contribution in [0.15, 0.2) is 30.3 Å². The van der Waals surface area contributed by atoms with Gasteiger partial charge < -0.3 is 11.1 Å². The number of nitrogens with two attached hydrogens (primary N) is 1. The Balaban J connectivity index is 1.65. The van der Waals surface area contributed by atoms with Crippen molar-refractivity contribution >= 4 is 11.8 Å². The standard InChI is InChI=1S/C18H25N3O2/c19-17(22)16(14-5-2-1-3-6-14)21-10-4-7-15(12-21)18(23)20-11-13-8-9-13/h1-3,5-6,13,15-16H,4,7-12H2,(H2,19,22)(H,20,23). The summed E-state index contributed by atoms with van der Waals surface area (Å²) >= 11 is 0. The Morgan fingerprint density at radius 2 is 1.96 bits per heavy atom. The largest absolute Gasteiger partial charge is 0.368 e. The first-order valence-electron chi connectivity index (χ1n) is 8.51. The number of nitrogens with zero attached hydrogens (tertiary/aromatic N) is 1. The van der Waals surface area contributed by atoms with E-state index in [1.54, 1.807) is 0 Å². The number of nitrogens with one attached hydrogen (secondary N) is 1. The lowest BCUT2D eigenvalue weighted by atomic mass is 9.93. The molecule has 0 bridgehead atoms. The normalized spacial score (nSPS) is 23.2. The Morgan fingerprint density at radius 3 is 2.61 bits per heavy atom. The zero-order chi connectivity index (χ0) is 16.2. The molecule has 124 valence electrons. The molecule has 1 aliphatic heterocycles. The second kappa shape index (κ2) is 7.13. The Bertz CT molecular complexity index is 557. The molecule has 3 rings (SSSR count). The van der Waals surface area contributed by atoms with Gasteiger partial charge in [-0.1, -0.05) is 30.3 Å². The third kappa shape index (κ3) is 4.10. The average molecular weight is 315 g/mol. The third-order valence-electron chi connectivity index (χ3n) is 4.84. The predicted molar refractivity (Wildman–Crippen MR) is 88.4 cm³/mol. The minimum absolute atomic E-state index is 0.0481. The summed E-state index contributed by atoms with van der Waals surface area (Å²) in [5, 5.41) is 3.06. The molecule has 1 aliphatic carbocycles. The van der Waals surface area contributed by atoms with E-state index in [0.29, 0.717) is 12.5 Å². The summed E-state index contributed by atoms with van der Waals surface area (Å²) in [7, 11) is 0. The number of likely N-dealkylation sites (tertiary alicyclic amines) is 1. The van der Waals surface area contributed by atoms with Crippen LogP contribution in [0.25, 0.3) is 0 Å². The Labute approximate surface area is 137 Å². The van der Waals surface area contributed by atoms with E-state index in [1.807, 2.05) is 30.3 Å². The molecular formula is C18H25N3O2. The fourth-order valence-corrected chi connectivity index (χ4v) is 3.36. The lowest BCUT2D eigenvalue weighted by Gasteiger charge is -2.36. The first-order valence-corrected chi connectivity index (χ1v) is 8.51. The molecule has 2 unspecified atom stereocenters. The van der Waals surface area contributed by atoms with Crippen LogP contribution in [0.4, 0.5) is 0 Å². The number of primary amides is 1. The molecule has 1 heterocycles. The summed E-state index contributed by atoms with van der Waals surface area (Å²) in [5.74, 6) is 0.405. The summed E-state index contributed by atoms with van der Waals surface area (Å²) in [6.45, 7) is 2.20. The van der Waals surface area contributed by atoms with E-state index in [4.69, 9.17) is 5.73 Å². The maximum Gasteiger partial charge on any atom is 0.239 e. The SMILES string of the molecule is NC(=O)C(c1ccccc1)N1CCCC(C(=O)NCC2CC2)C1. The van der Waals surface area contributed by atoms with Crippen LogP contribution in [0.1, 0.15) is 37.3 Å². The fourth-order valence-electron chi connectivity index (χ4n) is 3.36. The van der Waals surface area contributed by atoms with Gasteiger partial charge >= 0.3 is 0 Å². The van der Waals surface area contributed by atoms with E-state index in [-0.39, 0.29) is 17.7 Å². The third-order valence-corrected chi connectivity index (χ3v) is 4.84. The molecule has 2 aliphatic rings. The highest BCUT2D eigenvalue weighted by atomic mass is 16.2. The molecule has 0 spiro atoms. The Kier molecular flexibility index (Phi) is 4.96. The van der Waals surface area contributed by atoms with E-state index >= 15 is 0 Å². The summed E-state index contributed by atoms with van der Waals surface area (Å²) in [4.78, 5) is 26.4. The fraction of sp³-hybridized carbons (Fsp3) is 0.556. The first kappa shape index (κ1) is 16.0. The molecular weight excluding hydrogens is 290 g/mol. The summed E-state index contributed by atoms with van der Waals surface area (Å²) in [6, 6.07) is 9.14. The molecule has 1 aromatic carbocycles. The van der Waals surface area contributed by atoms with Crippen molar-refractivity contribution in [2.45, 2.75) is 31.7 Å². The van der Waals surface area contributed by atoms with Crippen molar-refractivity contribution in [2.24, 2.45) is 17.6 Å². The Hall–Kier alpha value is -1.88. The molecule has 0 aromatic heterocycles. The topological polar surface area (TPSA) is 75.4 Å². The van der Waals surface area contributed by atoms with Gasteiger partial charge in [-0.05, 0) is 43.7 Å². The van der Waals surface area contributed by atoms with Crippen LogP contribution < -0.4 is 11.1 Å². The van der Waals surface area contributed by atoms with Crippen molar-refractivity contribution < 1.29 is 9.59 Å². The zero-order valence-corrected chi connectivity index (χ0v) is 13.4. The molecule has 0 radical (unpaired) electrons. The monoisotopic (exact) mass is 315 g/mol. The van der Waals surface area contributed by atoms with Gasteiger partial charge in [-0.2, -0.15) is 0 Å². The van der Waals surface area contributed by atoms with Gasteiger partial charge in [-0.3, -0.25) is 14.5 Å². The van der Waals surface area contributed by atoms with Crippen molar-refractivity contribution in [3.05, 3.63) is 35.9 Å². The van der Waals surface area contributed by atoms with E-state index < -0.39 is 6.04 Å². The highest BCUT2D eigenvalue weighted by Gasteiger charge is 2.33. The molecule has 2 atom stereocenters. The van der Waals surface area contributed by atoms with Crippen LogP contribution in [0.2, 0.25) is 0 Å². The van der Waals surface area contributed by atoms with Gasteiger partial charge in [-0.15, -0.1) is 0 Å². The van der Waals surface area contributed by atoms with E-state index in [0.717, 1.165) is 31.5 Å². The van der Waals surface area contributed by atoms with Crippen molar-refractivity contribution in [1.29, 1.82) is 0 Å². The molecule has 2 fully saturated rings. The molecule has 3 N–H and O–H groups in total. The lowest BCUT2D eigenvalue weighted by molar-refractivity contribution is -0.130. The second-order valence-electron chi connectivity index (χ2n) is 6.74. The van der Waals surface area contributed by atoms with Gasteiger partial charge in [0.05, 0.1) is 5.92 Å². The van der Waals surface area contributed by atoms with Gasteiger partial charge in [0.25, 0.3) is 0 Å². The predicted octanol–water partition coefficient (Wildman–Crippen LogP) is 1.45. The number of piperidine rings is 1. The maximum atomic E-state index is 12.4. The minimum Gasteiger partial charge on any atom is -0.368 e. The van der Waals surface area contributed by atoms with Crippen molar-refractivity contribution in [3.8, 4) is 0 Å². The van der Waals surface area contributed by atoms with Crippen LogP contribution in [-0.2, 0) is 9.59 Å². The van der Waals surface area contributed by atoms with Crippen LogP contribution in [0.3, 0.4) is 0 Å². The van der Waals surface area contributed by atoms with Crippen molar-refractivity contribution in [2.75, 3.05) is 19.6 Å². The molecule has 1 saturated carbocycles. The quantitative estimate of drug-likeness (QED) is 0.834. The molecule has 1 aromatic rings. The molecule has 5 heteroatoms.